The van der Waals surface area contributed by atoms with Crippen molar-refractivity contribution < 1.29 is 13.3 Å². The molecular formula is C36H46O3P2Si. The molecule has 0 spiro atoms. The minimum Gasteiger partial charge on any atom is -0.377 e. The number of hydrogen-bond acceptors (Lipinski definition) is 3. The van der Waals surface area contributed by atoms with Crippen molar-refractivity contribution in [1.29, 1.82) is 0 Å². The molecule has 6 heteroatoms. The molecule has 0 radical (unpaired) electrons. The summed E-state index contributed by atoms with van der Waals surface area (Å²) in [5.41, 5.74) is 0. The van der Waals surface area contributed by atoms with Crippen LogP contribution in [0.1, 0.15) is 32.1 Å². The van der Waals surface area contributed by atoms with E-state index in [0.717, 1.165) is 12.5 Å². The third kappa shape index (κ3) is 9.68. The Morgan fingerprint density at radius 2 is 0.810 bits per heavy atom. The summed E-state index contributed by atoms with van der Waals surface area (Å²) in [5, 5.41) is 5.92. The first kappa shape index (κ1) is 32.7. The van der Waals surface area contributed by atoms with Gasteiger partial charge in [-0.15, -0.1) is 0 Å². The molecule has 0 amide bonds. The summed E-state index contributed by atoms with van der Waals surface area (Å²) in [6.07, 6.45) is 8.40. The molecule has 0 aliphatic rings. The van der Waals surface area contributed by atoms with Gasteiger partial charge in [-0.25, -0.2) is 0 Å². The van der Waals surface area contributed by atoms with E-state index in [-0.39, 0.29) is 0 Å². The van der Waals surface area contributed by atoms with E-state index < -0.39 is 24.6 Å². The molecule has 0 bridgehead atoms. The van der Waals surface area contributed by atoms with Crippen LogP contribution in [-0.4, -0.2) is 42.5 Å². The average molecular weight is 617 g/mol. The predicted molar refractivity (Wildman–Crippen MR) is 186 cm³/mol. The molecule has 4 rings (SSSR count). The summed E-state index contributed by atoms with van der Waals surface area (Å²) >= 11 is 0. The maximum Gasteiger partial charge on any atom is 0.500 e. The van der Waals surface area contributed by atoms with Gasteiger partial charge < -0.3 is 13.3 Å². The molecule has 0 atom stereocenters. The predicted octanol–water partition coefficient (Wildman–Crippen LogP) is 7.70. The van der Waals surface area contributed by atoms with Gasteiger partial charge >= 0.3 is 8.80 Å². The molecule has 0 saturated heterocycles. The molecule has 0 aromatic heterocycles. The van der Waals surface area contributed by atoms with Crippen molar-refractivity contribution >= 4 is 45.9 Å². The van der Waals surface area contributed by atoms with Crippen LogP contribution in [0, 0.1) is 5.92 Å². The Morgan fingerprint density at radius 1 is 0.476 bits per heavy atom. The Morgan fingerprint density at radius 3 is 1.14 bits per heavy atom. The van der Waals surface area contributed by atoms with E-state index in [9.17, 15) is 0 Å². The van der Waals surface area contributed by atoms with Crippen molar-refractivity contribution in [3.05, 3.63) is 121 Å². The highest BCUT2D eigenvalue weighted by molar-refractivity contribution is 7.74. The van der Waals surface area contributed by atoms with Gasteiger partial charge in [0.1, 0.15) is 0 Å². The smallest absolute Gasteiger partial charge is 0.377 e. The molecule has 0 aliphatic heterocycles. The summed E-state index contributed by atoms with van der Waals surface area (Å²) in [7, 11) is 1.75. The van der Waals surface area contributed by atoms with Crippen molar-refractivity contribution in [2.75, 3.05) is 33.7 Å². The molecule has 4 aromatic rings. The summed E-state index contributed by atoms with van der Waals surface area (Å²) in [4.78, 5) is 0. The molecule has 3 nitrogen and oxygen atoms in total. The van der Waals surface area contributed by atoms with E-state index >= 15 is 0 Å². The van der Waals surface area contributed by atoms with Crippen LogP contribution in [0.5, 0.6) is 0 Å². The lowest BCUT2D eigenvalue weighted by Gasteiger charge is -2.29. The lowest BCUT2D eigenvalue weighted by molar-refractivity contribution is 0.122. The number of hydrogen-bond donors (Lipinski definition) is 0. The molecular weight excluding hydrogens is 570 g/mol. The maximum absolute atomic E-state index is 5.64. The quantitative estimate of drug-likeness (QED) is 0.0652. The van der Waals surface area contributed by atoms with E-state index in [0.29, 0.717) is 5.92 Å². The molecule has 0 saturated carbocycles. The minimum atomic E-state index is -2.49. The second kappa shape index (κ2) is 17.8. The molecule has 0 fully saturated rings. The summed E-state index contributed by atoms with van der Waals surface area (Å²) in [6, 6.07) is 45.7. The van der Waals surface area contributed by atoms with E-state index in [4.69, 9.17) is 13.3 Å². The van der Waals surface area contributed by atoms with Gasteiger partial charge in [0.25, 0.3) is 0 Å². The third-order valence-corrected chi connectivity index (χ3v) is 16.2. The fourth-order valence-corrected chi connectivity index (χ4v) is 12.8. The molecule has 0 unspecified atom stereocenters. The van der Waals surface area contributed by atoms with Gasteiger partial charge in [-0.2, -0.15) is 0 Å². The van der Waals surface area contributed by atoms with Gasteiger partial charge in [-0.1, -0.05) is 141 Å². The van der Waals surface area contributed by atoms with Crippen LogP contribution in [-0.2, 0) is 13.3 Å². The van der Waals surface area contributed by atoms with Crippen LogP contribution in [0.15, 0.2) is 121 Å². The number of unbranched alkanes of at least 4 members (excludes halogenated alkanes) is 3. The van der Waals surface area contributed by atoms with Crippen molar-refractivity contribution in [2.45, 2.75) is 38.1 Å². The monoisotopic (exact) mass is 616 g/mol. The van der Waals surface area contributed by atoms with Crippen LogP contribution in [0.4, 0.5) is 0 Å². The number of benzene rings is 4. The van der Waals surface area contributed by atoms with E-state index in [1.807, 2.05) is 0 Å². The van der Waals surface area contributed by atoms with Gasteiger partial charge in [0.2, 0.25) is 0 Å². The van der Waals surface area contributed by atoms with Crippen LogP contribution >= 0.6 is 15.8 Å². The molecule has 4 aromatic carbocycles. The lowest BCUT2D eigenvalue weighted by atomic mass is 10.0. The molecule has 0 N–H and O–H groups in total. The highest BCUT2D eigenvalue weighted by atomic mass is 31.1. The minimum absolute atomic E-state index is 0.442. The van der Waals surface area contributed by atoms with E-state index in [2.05, 4.69) is 121 Å². The van der Waals surface area contributed by atoms with E-state index in [1.54, 1.807) is 21.3 Å². The van der Waals surface area contributed by atoms with Crippen molar-refractivity contribution in [1.82, 2.24) is 0 Å². The van der Waals surface area contributed by atoms with E-state index in [1.165, 1.54) is 59.2 Å². The third-order valence-electron chi connectivity index (χ3n) is 7.93. The molecule has 0 heterocycles. The van der Waals surface area contributed by atoms with Gasteiger partial charge in [-0.05, 0) is 68.1 Å². The normalized spacial score (nSPS) is 12.0. The zero-order valence-electron chi connectivity index (χ0n) is 25.4. The summed E-state index contributed by atoms with van der Waals surface area (Å²) in [6.45, 7) is 0. The second-order valence-corrected chi connectivity index (χ2v) is 18.3. The average Bonchev–Trinajstić information content (AvgIpc) is 3.07. The Balaban J connectivity index is 1.53. The standard InChI is InChI=1S/C36H46O3P2Si/c1-37-42(38-2,39-3)29-19-5-4-10-20-32(30-40(33-21-11-6-12-22-33)34-23-13-7-14-24-34)31-41(35-25-15-8-16-26-35)36-27-17-9-18-28-36/h6-9,11-18,21-28,32H,4-5,10,19-20,29-31H2,1-3H3. The van der Waals surface area contributed by atoms with Gasteiger partial charge in [0.05, 0.1) is 0 Å². The highest BCUT2D eigenvalue weighted by Crippen LogP contribution is 2.43. The maximum atomic E-state index is 5.64. The molecule has 42 heavy (non-hydrogen) atoms. The van der Waals surface area contributed by atoms with Crippen LogP contribution in [0.3, 0.4) is 0 Å². The largest absolute Gasteiger partial charge is 0.500 e. The Kier molecular flexibility index (Phi) is 13.9. The van der Waals surface area contributed by atoms with Gasteiger partial charge in [-0.3, -0.25) is 0 Å². The number of rotatable bonds is 18. The zero-order chi connectivity index (χ0) is 29.5. The lowest BCUT2D eigenvalue weighted by Crippen LogP contribution is -2.42. The molecule has 222 valence electrons. The topological polar surface area (TPSA) is 27.7 Å². The highest BCUT2D eigenvalue weighted by Gasteiger charge is 2.36. The SMILES string of the molecule is CO[Si](CCCCCCC(CP(c1ccccc1)c1ccccc1)CP(c1ccccc1)c1ccccc1)(OC)OC. The van der Waals surface area contributed by atoms with Crippen molar-refractivity contribution in [3.63, 3.8) is 0 Å². The first-order chi connectivity index (χ1) is 20.7. The van der Waals surface area contributed by atoms with Crippen molar-refractivity contribution in [2.24, 2.45) is 5.92 Å². The second-order valence-electron chi connectivity index (χ2n) is 10.7. The van der Waals surface area contributed by atoms with Crippen LogP contribution in [0.2, 0.25) is 6.04 Å². The van der Waals surface area contributed by atoms with Gasteiger partial charge in [0, 0.05) is 27.4 Å². The summed E-state index contributed by atoms with van der Waals surface area (Å²) in [5.74, 6) is 0.633. The Bertz CT molecular complexity index is 1090. The van der Waals surface area contributed by atoms with Gasteiger partial charge in [0.15, 0.2) is 0 Å². The first-order valence-corrected chi connectivity index (χ1v) is 20.1. The van der Waals surface area contributed by atoms with Crippen LogP contribution in [0.25, 0.3) is 0 Å². The van der Waals surface area contributed by atoms with Crippen LogP contribution < -0.4 is 21.2 Å². The molecule has 0 aliphatic carbocycles. The fourth-order valence-electron chi connectivity index (χ4n) is 5.59. The Labute approximate surface area is 257 Å². The van der Waals surface area contributed by atoms with Crippen molar-refractivity contribution in [3.8, 4) is 0 Å². The zero-order valence-corrected chi connectivity index (χ0v) is 28.2. The first-order valence-electron chi connectivity index (χ1n) is 15.1. The summed E-state index contributed by atoms with van der Waals surface area (Å²) < 4.78 is 16.9. The Hall–Kier alpha value is -2.16. The fraction of sp³-hybridized carbons (Fsp3) is 0.333.